The molecule has 0 amide bonds. The third-order valence-electron chi connectivity index (χ3n) is 12.0. The van der Waals surface area contributed by atoms with E-state index in [4.69, 9.17) is 15.0 Å². The van der Waals surface area contributed by atoms with Crippen molar-refractivity contribution in [1.29, 1.82) is 0 Å². The second kappa shape index (κ2) is 14.7. The van der Waals surface area contributed by atoms with Crippen LogP contribution in [0.4, 0.5) is 0 Å². The van der Waals surface area contributed by atoms with Gasteiger partial charge in [-0.25, -0.2) is 15.0 Å². The van der Waals surface area contributed by atoms with Crippen LogP contribution in [0.5, 0.6) is 0 Å². The van der Waals surface area contributed by atoms with Crippen LogP contribution in [-0.2, 0) is 0 Å². The number of hydrogen-bond acceptors (Lipinski definition) is 3. The molecule has 3 heterocycles. The largest absolute Gasteiger partial charge is 0.316 e. The Morgan fingerprint density at radius 3 is 1.42 bits per heavy atom. The molecule has 290 valence electrons. The molecule has 0 radical (unpaired) electrons. The summed E-state index contributed by atoms with van der Waals surface area (Å²) < 4.78 is 4.72. The molecule has 0 aliphatic rings. The fraction of sp³-hybridized carbons (Fsp3) is 0. The van der Waals surface area contributed by atoms with Gasteiger partial charge in [-0.3, -0.25) is 0 Å². The van der Waals surface area contributed by atoms with E-state index in [1.54, 1.807) is 0 Å². The lowest BCUT2D eigenvalue weighted by molar-refractivity contribution is 1.07. The summed E-state index contributed by atoms with van der Waals surface area (Å²) >= 11 is 0. The highest BCUT2D eigenvalue weighted by atomic mass is 15.0. The molecule has 0 N–H and O–H groups in total. The quantitative estimate of drug-likeness (QED) is 0.162. The molecule has 62 heavy (non-hydrogen) atoms. The molecule has 5 nitrogen and oxygen atoms in total. The van der Waals surface area contributed by atoms with Gasteiger partial charge in [0.2, 0.25) is 0 Å². The van der Waals surface area contributed by atoms with Gasteiger partial charge in [-0.05, 0) is 88.3 Å². The van der Waals surface area contributed by atoms with Gasteiger partial charge in [-0.2, -0.15) is 0 Å². The number of fused-ring (bicyclic) bond motifs is 7. The monoisotopic (exact) mass is 791 g/mol. The SMILES string of the molecule is c1ccc(-c2nc(-c3ccccc3)nc(-c3cccc(-c4cccc(-c5ccc6c(c5)c5c7ccc8ccn(-c9ccccc9)c8c7ccc5n6-c5ccccc5)c4)c3)n2)cc1. The Hall–Kier alpha value is -8.41. The molecule has 0 bridgehead atoms. The maximum atomic E-state index is 5.01. The molecule has 12 aromatic rings. The Labute approximate surface area is 358 Å². The van der Waals surface area contributed by atoms with Gasteiger partial charge in [0, 0.05) is 55.8 Å². The Morgan fingerprint density at radius 1 is 0.306 bits per heavy atom. The second-order valence-electron chi connectivity index (χ2n) is 15.7. The minimum atomic E-state index is 0.636. The third-order valence-corrected chi connectivity index (χ3v) is 12.0. The van der Waals surface area contributed by atoms with Crippen molar-refractivity contribution in [3.63, 3.8) is 0 Å². The van der Waals surface area contributed by atoms with Gasteiger partial charge in [0.25, 0.3) is 0 Å². The first kappa shape index (κ1) is 35.5. The van der Waals surface area contributed by atoms with Crippen molar-refractivity contribution in [2.75, 3.05) is 0 Å². The second-order valence-corrected chi connectivity index (χ2v) is 15.7. The standard InChI is InChI=1S/C57H37N5/c1-5-15-39(16-6-1)55-58-56(40-17-7-2-8-18-40)60-57(59-55)45-22-14-21-43(36-45)41-19-13-20-42(35-41)44-28-31-51-50(37-44)53-48-29-27-38-33-34-61(46-23-9-3-10-24-46)54(38)49(48)30-32-52(53)62(51)47-25-11-4-12-26-47/h1-37H. The predicted molar refractivity (Wildman–Crippen MR) is 256 cm³/mol. The van der Waals surface area contributed by atoms with Gasteiger partial charge in [0.05, 0.1) is 16.6 Å². The number of hydrogen-bond donors (Lipinski definition) is 0. The molecule has 5 heteroatoms. The van der Waals surface area contributed by atoms with Crippen LogP contribution < -0.4 is 0 Å². The van der Waals surface area contributed by atoms with Crippen LogP contribution in [-0.4, -0.2) is 24.1 Å². The van der Waals surface area contributed by atoms with Crippen LogP contribution >= 0.6 is 0 Å². The lowest BCUT2D eigenvalue weighted by atomic mass is 9.96. The van der Waals surface area contributed by atoms with Gasteiger partial charge >= 0.3 is 0 Å². The molecule has 9 aromatic carbocycles. The van der Waals surface area contributed by atoms with E-state index in [1.807, 2.05) is 60.7 Å². The van der Waals surface area contributed by atoms with Crippen molar-refractivity contribution in [3.05, 3.63) is 225 Å². The normalized spacial score (nSPS) is 11.5. The lowest BCUT2D eigenvalue weighted by Crippen LogP contribution is -2.00. The first-order valence-electron chi connectivity index (χ1n) is 20.9. The van der Waals surface area contributed by atoms with E-state index in [0.717, 1.165) is 50.3 Å². The summed E-state index contributed by atoms with van der Waals surface area (Å²) in [6, 6.07) is 77.2. The number of rotatable bonds is 7. The molecule has 0 atom stereocenters. The maximum absolute atomic E-state index is 5.01. The number of aromatic nitrogens is 5. The minimum Gasteiger partial charge on any atom is -0.316 e. The van der Waals surface area contributed by atoms with E-state index in [0.29, 0.717) is 17.5 Å². The fourth-order valence-electron chi connectivity index (χ4n) is 9.05. The summed E-state index contributed by atoms with van der Waals surface area (Å²) in [4.78, 5) is 14.9. The lowest BCUT2D eigenvalue weighted by Gasteiger charge is -2.11. The first-order chi connectivity index (χ1) is 30.7. The number of benzene rings is 9. The van der Waals surface area contributed by atoms with Crippen LogP contribution in [0.15, 0.2) is 225 Å². The molecule has 0 spiro atoms. The summed E-state index contributed by atoms with van der Waals surface area (Å²) in [7, 11) is 0. The molecular formula is C57H37N5. The van der Waals surface area contributed by atoms with Crippen LogP contribution in [0, 0.1) is 0 Å². The smallest absolute Gasteiger partial charge is 0.164 e. The third kappa shape index (κ3) is 6.06. The van der Waals surface area contributed by atoms with Crippen LogP contribution in [0.25, 0.3) is 111 Å². The zero-order valence-corrected chi connectivity index (χ0v) is 33.6. The van der Waals surface area contributed by atoms with Crippen molar-refractivity contribution < 1.29 is 0 Å². The summed E-state index contributed by atoms with van der Waals surface area (Å²) in [5.74, 6) is 1.93. The van der Waals surface area contributed by atoms with E-state index in [1.165, 1.54) is 43.5 Å². The zero-order valence-electron chi connectivity index (χ0n) is 33.6. The summed E-state index contributed by atoms with van der Waals surface area (Å²) in [5, 5.41) is 6.15. The Balaban J connectivity index is 0.997. The van der Waals surface area contributed by atoms with Crippen LogP contribution in [0.3, 0.4) is 0 Å². The zero-order chi connectivity index (χ0) is 41.0. The predicted octanol–water partition coefficient (Wildman–Crippen LogP) is 14.4. The van der Waals surface area contributed by atoms with Gasteiger partial charge in [-0.15, -0.1) is 0 Å². The molecule has 0 fully saturated rings. The van der Waals surface area contributed by atoms with Gasteiger partial charge in [0.15, 0.2) is 17.5 Å². The molecule has 3 aromatic heterocycles. The van der Waals surface area contributed by atoms with E-state index < -0.39 is 0 Å². The minimum absolute atomic E-state index is 0.636. The van der Waals surface area contributed by atoms with Crippen molar-refractivity contribution in [2.24, 2.45) is 0 Å². The average molecular weight is 792 g/mol. The van der Waals surface area contributed by atoms with Crippen molar-refractivity contribution in [1.82, 2.24) is 24.1 Å². The number of nitrogens with zero attached hydrogens (tertiary/aromatic N) is 5. The van der Waals surface area contributed by atoms with E-state index in [-0.39, 0.29) is 0 Å². The fourth-order valence-corrected chi connectivity index (χ4v) is 9.05. The highest BCUT2D eigenvalue weighted by Crippen LogP contribution is 2.41. The van der Waals surface area contributed by atoms with E-state index >= 15 is 0 Å². The van der Waals surface area contributed by atoms with Gasteiger partial charge in [-0.1, -0.05) is 158 Å². The first-order valence-corrected chi connectivity index (χ1v) is 20.9. The van der Waals surface area contributed by atoms with E-state index in [2.05, 4.69) is 173 Å². The summed E-state index contributed by atoms with van der Waals surface area (Å²) in [6.07, 6.45) is 2.19. The summed E-state index contributed by atoms with van der Waals surface area (Å²) in [5.41, 5.74) is 13.2. The molecule has 0 aliphatic heterocycles. The Bertz CT molecular complexity index is 3550. The highest BCUT2D eigenvalue weighted by molar-refractivity contribution is 6.25. The molecule has 0 unspecified atom stereocenters. The Morgan fingerprint density at radius 2 is 0.790 bits per heavy atom. The molecule has 0 aliphatic carbocycles. The molecular weight excluding hydrogens is 755 g/mol. The van der Waals surface area contributed by atoms with Crippen molar-refractivity contribution in [3.8, 4) is 67.8 Å². The van der Waals surface area contributed by atoms with Gasteiger partial charge < -0.3 is 9.13 Å². The average Bonchev–Trinajstić information content (AvgIpc) is 3.95. The van der Waals surface area contributed by atoms with Crippen molar-refractivity contribution in [2.45, 2.75) is 0 Å². The highest BCUT2D eigenvalue weighted by Gasteiger charge is 2.19. The summed E-state index contributed by atoms with van der Waals surface area (Å²) in [6.45, 7) is 0. The topological polar surface area (TPSA) is 48.5 Å². The van der Waals surface area contributed by atoms with Gasteiger partial charge in [0.1, 0.15) is 0 Å². The van der Waals surface area contributed by atoms with E-state index in [9.17, 15) is 0 Å². The molecule has 0 saturated heterocycles. The maximum Gasteiger partial charge on any atom is 0.164 e. The van der Waals surface area contributed by atoms with Crippen LogP contribution in [0.2, 0.25) is 0 Å². The van der Waals surface area contributed by atoms with Crippen LogP contribution in [0.1, 0.15) is 0 Å². The molecule has 12 rings (SSSR count). The number of para-hydroxylation sites is 2. The van der Waals surface area contributed by atoms with Crippen molar-refractivity contribution >= 4 is 43.5 Å². The Kier molecular flexibility index (Phi) is 8.42. The molecule has 0 saturated carbocycles.